The normalized spacial score (nSPS) is 16.1. The van der Waals surface area contributed by atoms with Crippen LogP contribution in [0.15, 0.2) is 48.8 Å². The van der Waals surface area contributed by atoms with E-state index in [1.165, 1.54) is 16.9 Å². The lowest BCUT2D eigenvalue weighted by Gasteiger charge is -2.32. The van der Waals surface area contributed by atoms with Crippen molar-refractivity contribution in [2.24, 2.45) is 0 Å². The van der Waals surface area contributed by atoms with E-state index in [0.29, 0.717) is 26.5 Å². The summed E-state index contributed by atoms with van der Waals surface area (Å²) in [6.07, 6.45) is 5.87. The second-order valence-corrected chi connectivity index (χ2v) is 10.9. The fraction of sp³-hybridized carbons (Fsp3) is 0.296. The molecule has 7 nitrogen and oxygen atoms in total. The molecule has 192 valence electrons. The number of pyridine rings is 1. The maximum atomic E-state index is 13.1. The Hall–Kier alpha value is -2.91. The number of ether oxygens (including phenoxy) is 1. The van der Waals surface area contributed by atoms with Gasteiger partial charge in [0, 0.05) is 39.8 Å². The van der Waals surface area contributed by atoms with Crippen LogP contribution in [0.4, 0.5) is 5.69 Å². The number of carbonyl (C=O) groups excluding carboxylic acids is 2. The molecule has 0 radical (unpaired) electrons. The average molecular weight is 558 g/mol. The molecular formula is C27H26Cl2N4O3S. The number of hydrogen-bond donors (Lipinski definition) is 2. The summed E-state index contributed by atoms with van der Waals surface area (Å²) in [5.74, 6) is -0.349. The van der Waals surface area contributed by atoms with Crippen molar-refractivity contribution in [3.63, 3.8) is 0 Å². The third-order valence-corrected chi connectivity index (χ3v) is 8.16. The first-order chi connectivity index (χ1) is 17.9. The lowest BCUT2D eigenvalue weighted by molar-refractivity contribution is -0.117. The number of piperidine rings is 1. The number of benzene rings is 1. The Morgan fingerprint density at radius 1 is 1.27 bits per heavy atom. The zero-order valence-electron chi connectivity index (χ0n) is 20.2. The maximum Gasteiger partial charge on any atom is 0.350 e. The first-order valence-electron chi connectivity index (χ1n) is 12.1. The van der Waals surface area contributed by atoms with Gasteiger partial charge in [-0.3, -0.25) is 9.69 Å². The zero-order chi connectivity index (χ0) is 25.9. The van der Waals surface area contributed by atoms with Crippen molar-refractivity contribution in [1.29, 1.82) is 0 Å². The number of carbonyl (C=O) groups is 2. The molecule has 0 aliphatic carbocycles. The smallest absolute Gasteiger partial charge is 0.350 e. The standard InChI is InChI=1S/C27H26Cl2N4O3S/c1-2-36-27(35)25-22(12-23(37-25)19-8-7-17(28)11-21(19)29)32-24(34)15-33-10-4-5-16(14-33)20-13-31-26-18(20)6-3-9-30-26/h3,6-9,11-13,16H,2,4-5,10,14-15H2,1H3,(H,30,31)(H,32,34). The number of aromatic nitrogens is 2. The van der Waals surface area contributed by atoms with Gasteiger partial charge in [-0.2, -0.15) is 0 Å². The number of halogens is 2. The van der Waals surface area contributed by atoms with E-state index in [1.807, 2.05) is 12.3 Å². The molecular weight excluding hydrogens is 531 g/mol. The molecule has 10 heteroatoms. The summed E-state index contributed by atoms with van der Waals surface area (Å²) in [5.41, 5.74) is 3.27. The number of thiophene rings is 1. The van der Waals surface area contributed by atoms with Crippen molar-refractivity contribution in [3.8, 4) is 10.4 Å². The average Bonchev–Trinajstić information content (AvgIpc) is 3.49. The highest BCUT2D eigenvalue weighted by atomic mass is 35.5. The molecule has 0 bridgehead atoms. The minimum atomic E-state index is -0.481. The summed E-state index contributed by atoms with van der Waals surface area (Å²) in [7, 11) is 0. The number of esters is 1. The van der Waals surface area contributed by atoms with Crippen LogP contribution in [-0.4, -0.2) is 53.0 Å². The molecule has 1 fully saturated rings. The van der Waals surface area contributed by atoms with E-state index in [9.17, 15) is 9.59 Å². The summed E-state index contributed by atoms with van der Waals surface area (Å²) in [5, 5.41) is 5.06. The van der Waals surface area contributed by atoms with Gasteiger partial charge in [0.05, 0.1) is 23.9 Å². The van der Waals surface area contributed by atoms with Crippen LogP contribution >= 0.6 is 34.5 Å². The highest BCUT2D eigenvalue weighted by Crippen LogP contribution is 2.39. The van der Waals surface area contributed by atoms with Gasteiger partial charge in [0.25, 0.3) is 0 Å². The van der Waals surface area contributed by atoms with Gasteiger partial charge in [-0.05, 0) is 68.1 Å². The van der Waals surface area contributed by atoms with E-state index in [2.05, 4.69) is 26.3 Å². The third kappa shape index (κ3) is 5.67. The number of rotatable bonds is 7. The van der Waals surface area contributed by atoms with Crippen molar-refractivity contribution >= 4 is 63.1 Å². The van der Waals surface area contributed by atoms with E-state index in [0.717, 1.165) is 47.4 Å². The first-order valence-corrected chi connectivity index (χ1v) is 13.7. The van der Waals surface area contributed by atoms with Gasteiger partial charge < -0.3 is 15.0 Å². The minimum Gasteiger partial charge on any atom is -0.462 e. The van der Waals surface area contributed by atoms with Crippen molar-refractivity contribution in [2.75, 3.05) is 31.6 Å². The summed E-state index contributed by atoms with van der Waals surface area (Å²) < 4.78 is 5.24. The SMILES string of the molecule is CCOC(=O)c1sc(-c2ccc(Cl)cc2Cl)cc1NC(=O)CN1CCCC(c2c[nH]c3ncccc23)C1. The Morgan fingerprint density at radius 3 is 2.95 bits per heavy atom. The number of amides is 1. The van der Waals surface area contributed by atoms with Crippen molar-refractivity contribution in [3.05, 3.63) is 69.3 Å². The van der Waals surface area contributed by atoms with Crippen LogP contribution in [0.2, 0.25) is 10.0 Å². The molecule has 2 N–H and O–H groups in total. The van der Waals surface area contributed by atoms with Gasteiger partial charge in [0.1, 0.15) is 10.5 Å². The quantitative estimate of drug-likeness (QED) is 0.250. The number of anilines is 1. The predicted octanol–water partition coefficient (Wildman–Crippen LogP) is 6.59. The molecule has 1 atom stereocenters. The molecule has 37 heavy (non-hydrogen) atoms. The van der Waals surface area contributed by atoms with E-state index in [4.69, 9.17) is 27.9 Å². The van der Waals surface area contributed by atoms with E-state index >= 15 is 0 Å². The highest BCUT2D eigenvalue weighted by Gasteiger charge is 2.26. The Kier molecular flexibility index (Phi) is 7.81. The molecule has 1 aliphatic rings. The lowest BCUT2D eigenvalue weighted by Crippen LogP contribution is -2.39. The number of nitrogens with zero attached hydrogens (tertiary/aromatic N) is 2. The monoisotopic (exact) mass is 556 g/mol. The number of hydrogen-bond acceptors (Lipinski definition) is 6. The first kappa shape index (κ1) is 25.7. The molecule has 3 aromatic heterocycles. The van der Waals surface area contributed by atoms with Crippen LogP contribution in [0.25, 0.3) is 21.5 Å². The zero-order valence-corrected chi connectivity index (χ0v) is 22.6. The highest BCUT2D eigenvalue weighted by molar-refractivity contribution is 7.18. The Bertz CT molecular complexity index is 1450. The second-order valence-electron chi connectivity index (χ2n) is 8.96. The molecule has 4 aromatic rings. The van der Waals surface area contributed by atoms with Gasteiger partial charge in [-0.1, -0.05) is 29.3 Å². The van der Waals surface area contributed by atoms with Crippen molar-refractivity contribution in [1.82, 2.24) is 14.9 Å². The Labute approximate surface area is 228 Å². The maximum absolute atomic E-state index is 13.1. The van der Waals surface area contributed by atoms with Crippen molar-refractivity contribution < 1.29 is 14.3 Å². The number of nitrogens with one attached hydrogen (secondary N) is 2. The van der Waals surface area contributed by atoms with Crippen LogP contribution in [0.5, 0.6) is 0 Å². The van der Waals surface area contributed by atoms with E-state index in [1.54, 1.807) is 37.4 Å². The number of fused-ring (bicyclic) bond motifs is 1. The van der Waals surface area contributed by atoms with Gasteiger partial charge in [-0.15, -0.1) is 11.3 Å². The molecule has 1 aromatic carbocycles. The Balaban J connectivity index is 1.32. The lowest BCUT2D eigenvalue weighted by atomic mass is 9.90. The number of H-pyrrole nitrogens is 1. The van der Waals surface area contributed by atoms with Gasteiger partial charge in [-0.25, -0.2) is 9.78 Å². The summed E-state index contributed by atoms with van der Waals surface area (Å²) in [6.45, 7) is 3.82. The second kappa shape index (κ2) is 11.2. The van der Waals surface area contributed by atoms with Crippen LogP contribution in [0.1, 0.15) is 40.9 Å². The molecule has 1 amide bonds. The van der Waals surface area contributed by atoms with E-state index < -0.39 is 5.97 Å². The molecule has 0 saturated carbocycles. The largest absolute Gasteiger partial charge is 0.462 e. The van der Waals surface area contributed by atoms with Crippen LogP contribution < -0.4 is 5.32 Å². The number of likely N-dealkylation sites (tertiary alicyclic amines) is 1. The molecule has 1 saturated heterocycles. The fourth-order valence-corrected chi connectivity index (χ4v) is 6.43. The van der Waals surface area contributed by atoms with Gasteiger partial charge in [0.2, 0.25) is 5.91 Å². The molecule has 5 rings (SSSR count). The van der Waals surface area contributed by atoms with Crippen LogP contribution in [-0.2, 0) is 9.53 Å². The molecule has 1 aliphatic heterocycles. The van der Waals surface area contributed by atoms with Crippen LogP contribution in [0, 0.1) is 0 Å². The number of aromatic amines is 1. The summed E-state index contributed by atoms with van der Waals surface area (Å²) in [6, 6.07) is 11.0. The molecule has 1 unspecified atom stereocenters. The molecule has 0 spiro atoms. The topological polar surface area (TPSA) is 87.3 Å². The summed E-state index contributed by atoms with van der Waals surface area (Å²) >= 11 is 13.7. The van der Waals surface area contributed by atoms with Crippen LogP contribution in [0.3, 0.4) is 0 Å². The van der Waals surface area contributed by atoms with Gasteiger partial charge in [0.15, 0.2) is 0 Å². The minimum absolute atomic E-state index is 0.182. The third-order valence-electron chi connectivity index (χ3n) is 6.46. The van der Waals surface area contributed by atoms with Gasteiger partial charge >= 0.3 is 5.97 Å². The molecule has 4 heterocycles. The Morgan fingerprint density at radius 2 is 2.14 bits per heavy atom. The van der Waals surface area contributed by atoms with E-state index in [-0.39, 0.29) is 19.1 Å². The summed E-state index contributed by atoms with van der Waals surface area (Å²) in [4.78, 5) is 36.7. The van der Waals surface area contributed by atoms with Crippen molar-refractivity contribution in [2.45, 2.75) is 25.7 Å². The fourth-order valence-electron chi connectivity index (χ4n) is 4.81. The predicted molar refractivity (Wildman–Crippen MR) is 149 cm³/mol.